The molecule has 2 unspecified atom stereocenters. The van der Waals surface area contributed by atoms with Gasteiger partial charge in [-0.05, 0) is 49.9 Å². The summed E-state index contributed by atoms with van der Waals surface area (Å²) in [6.45, 7) is 1.72. The van der Waals surface area contributed by atoms with Gasteiger partial charge in [0.2, 0.25) is 0 Å². The number of nitrogens with zero attached hydrogens (tertiary/aromatic N) is 1. The molecule has 2 atom stereocenters. The van der Waals surface area contributed by atoms with Crippen LogP contribution < -0.4 is 10.1 Å². The largest absolute Gasteiger partial charge is 0.497 e. The number of alkyl halides is 1. The maximum absolute atomic E-state index is 14.4. The van der Waals surface area contributed by atoms with Crippen LogP contribution in [0.5, 0.6) is 5.75 Å². The standard InChI is InChI=1S/C19H25FN2O3/c1-24-16-5-3-14(4-6-16)21-15-11-18(25-12-15)9-10-22(13-18)17(23)19(20)7-2-8-19/h3-6,15,21H,2,7-13H2,1H3. The first-order valence-corrected chi connectivity index (χ1v) is 9.05. The van der Waals surface area contributed by atoms with Crippen molar-refractivity contribution in [3.8, 4) is 5.75 Å². The predicted octanol–water partition coefficient (Wildman–Crippen LogP) is 2.76. The Labute approximate surface area is 147 Å². The van der Waals surface area contributed by atoms with E-state index < -0.39 is 5.67 Å². The molecule has 136 valence electrons. The summed E-state index contributed by atoms with van der Waals surface area (Å²) < 4.78 is 25.6. The molecule has 25 heavy (non-hydrogen) atoms. The lowest BCUT2D eigenvalue weighted by Crippen LogP contribution is -2.50. The molecule has 0 radical (unpaired) electrons. The van der Waals surface area contributed by atoms with Gasteiger partial charge in [0.1, 0.15) is 5.75 Å². The van der Waals surface area contributed by atoms with E-state index in [1.54, 1.807) is 12.0 Å². The predicted molar refractivity (Wildman–Crippen MR) is 92.6 cm³/mol. The van der Waals surface area contributed by atoms with E-state index in [1.807, 2.05) is 24.3 Å². The van der Waals surface area contributed by atoms with Crippen LogP contribution in [-0.4, -0.2) is 54.9 Å². The lowest BCUT2D eigenvalue weighted by atomic mass is 9.81. The van der Waals surface area contributed by atoms with Gasteiger partial charge >= 0.3 is 0 Å². The van der Waals surface area contributed by atoms with Gasteiger partial charge < -0.3 is 19.7 Å². The van der Waals surface area contributed by atoms with Gasteiger partial charge in [-0.2, -0.15) is 0 Å². The lowest BCUT2D eigenvalue weighted by molar-refractivity contribution is -0.149. The summed E-state index contributed by atoms with van der Waals surface area (Å²) in [5.74, 6) is 0.497. The Bertz CT molecular complexity index is 647. The highest BCUT2D eigenvalue weighted by Gasteiger charge is 2.52. The van der Waals surface area contributed by atoms with Crippen LogP contribution >= 0.6 is 0 Å². The number of carbonyl (C=O) groups excluding carboxylic acids is 1. The number of nitrogens with one attached hydrogen (secondary N) is 1. The molecule has 1 amide bonds. The Morgan fingerprint density at radius 3 is 2.72 bits per heavy atom. The summed E-state index contributed by atoms with van der Waals surface area (Å²) in [4.78, 5) is 14.1. The van der Waals surface area contributed by atoms with E-state index in [2.05, 4.69) is 5.32 Å². The minimum absolute atomic E-state index is 0.200. The molecule has 6 heteroatoms. The molecular formula is C19H25FN2O3. The van der Waals surface area contributed by atoms with Gasteiger partial charge in [-0.25, -0.2) is 4.39 Å². The zero-order chi connectivity index (χ0) is 17.5. The second kappa shape index (κ2) is 6.16. The van der Waals surface area contributed by atoms with Gasteiger partial charge in [0.15, 0.2) is 5.67 Å². The van der Waals surface area contributed by atoms with Crippen LogP contribution in [0.15, 0.2) is 24.3 Å². The van der Waals surface area contributed by atoms with Crippen LogP contribution in [0.25, 0.3) is 0 Å². The van der Waals surface area contributed by atoms with E-state index >= 15 is 0 Å². The topological polar surface area (TPSA) is 50.8 Å². The van der Waals surface area contributed by atoms with Crippen LogP contribution in [0.3, 0.4) is 0 Å². The molecule has 3 aliphatic rings. The number of methoxy groups -OCH3 is 1. The molecule has 1 aliphatic carbocycles. The number of carbonyl (C=O) groups is 1. The molecule has 4 rings (SSSR count). The Hall–Kier alpha value is -1.82. The molecular weight excluding hydrogens is 323 g/mol. The van der Waals surface area contributed by atoms with Crippen molar-refractivity contribution in [1.29, 1.82) is 0 Å². The third-order valence-electron chi connectivity index (χ3n) is 5.80. The first-order valence-electron chi connectivity index (χ1n) is 9.05. The van der Waals surface area contributed by atoms with E-state index in [4.69, 9.17) is 9.47 Å². The zero-order valence-electron chi connectivity index (χ0n) is 14.6. The maximum Gasteiger partial charge on any atom is 0.260 e. The number of hydrogen-bond donors (Lipinski definition) is 1. The van der Waals surface area contributed by atoms with Crippen molar-refractivity contribution >= 4 is 11.6 Å². The fraction of sp³-hybridized carbons (Fsp3) is 0.632. The Kier molecular flexibility index (Phi) is 4.10. The van der Waals surface area contributed by atoms with Crippen LogP contribution in [0.4, 0.5) is 10.1 Å². The van der Waals surface area contributed by atoms with E-state index in [9.17, 15) is 9.18 Å². The number of likely N-dealkylation sites (tertiary alicyclic amines) is 1. The monoisotopic (exact) mass is 348 g/mol. The SMILES string of the molecule is COc1ccc(NC2COC3(CCN(C(=O)C4(F)CCC4)C3)C2)cc1. The molecule has 1 aromatic carbocycles. The first kappa shape index (κ1) is 16.6. The Morgan fingerprint density at radius 1 is 1.32 bits per heavy atom. The van der Waals surface area contributed by atoms with Gasteiger partial charge in [-0.3, -0.25) is 4.79 Å². The zero-order valence-corrected chi connectivity index (χ0v) is 14.6. The van der Waals surface area contributed by atoms with Crippen molar-refractivity contribution in [3.63, 3.8) is 0 Å². The highest BCUT2D eigenvalue weighted by atomic mass is 19.1. The van der Waals surface area contributed by atoms with Crippen molar-refractivity contribution in [2.45, 2.75) is 49.4 Å². The molecule has 5 nitrogen and oxygen atoms in total. The fourth-order valence-corrected chi connectivity index (χ4v) is 4.15. The molecule has 2 heterocycles. The third kappa shape index (κ3) is 3.08. The van der Waals surface area contributed by atoms with Crippen molar-refractivity contribution in [1.82, 2.24) is 4.90 Å². The number of rotatable bonds is 4. The van der Waals surface area contributed by atoms with Gasteiger partial charge in [0.05, 0.1) is 25.4 Å². The van der Waals surface area contributed by atoms with Gasteiger partial charge in [0.25, 0.3) is 5.91 Å². The molecule has 1 aromatic rings. The minimum Gasteiger partial charge on any atom is -0.497 e. The molecule has 3 fully saturated rings. The number of benzene rings is 1. The first-order chi connectivity index (χ1) is 12.0. The summed E-state index contributed by atoms with van der Waals surface area (Å²) in [5, 5.41) is 3.48. The highest BCUT2D eigenvalue weighted by molar-refractivity contribution is 5.86. The van der Waals surface area contributed by atoms with Crippen molar-refractivity contribution in [3.05, 3.63) is 24.3 Å². The maximum atomic E-state index is 14.4. The van der Waals surface area contributed by atoms with E-state index in [0.717, 1.165) is 30.7 Å². The summed E-state index contributed by atoms with van der Waals surface area (Å²) >= 11 is 0. The fourth-order valence-electron chi connectivity index (χ4n) is 4.15. The normalized spacial score (nSPS) is 30.3. The van der Waals surface area contributed by atoms with Crippen LogP contribution in [0.2, 0.25) is 0 Å². The molecule has 0 bridgehead atoms. The van der Waals surface area contributed by atoms with Crippen molar-refractivity contribution < 1.29 is 18.7 Å². The van der Waals surface area contributed by atoms with Crippen LogP contribution in [0, 0.1) is 0 Å². The number of amides is 1. The van der Waals surface area contributed by atoms with Gasteiger partial charge in [-0.15, -0.1) is 0 Å². The molecule has 1 N–H and O–H groups in total. The molecule has 1 spiro atoms. The Balaban J connectivity index is 1.34. The average Bonchev–Trinajstić information content (AvgIpc) is 3.20. The number of hydrogen-bond acceptors (Lipinski definition) is 4. The van der Waals surface area contributed by atoms with Gasteiger partial charge in [0, 0.05) is 25.2 Å². The highest BCUT2D eigenvalue weighted by Crippen LogP contribution is 2.41. The quantitative estimate of drug-likeness (QED) is 0.909. The molecule has 0 aromatic heterocycles. The lowest BCUT2D eigenvalue weighted by Gasteiger charge is -2.36. The van der Waals surface area contributed by atoms with Crippen molar-refractivity contribution in [2.24, 2.45) is 0 Å². The van der Waals surface area contributed by atoms with E-state index in [-0.39, 0.29) is 17.6 Å². The second-order valence-corrected chi connectivity index (χ2v) is 7.56. The number of ether oxygens (including phenoxy) is 2. The van der Waals surface area contributed by atoms with Crippen LogP contribution in [0.1, 0.15) is 32.1 Å². The third-order valence-corrected chi connectivity index (χ3v) is 5.80. The average molecular weight is 348 g/mol. The van der Waals surface area contributed by atoms with Crippen molar-refractivity contribution in [2.75, 3.05) is 32.1 Å². The summed E-state index contributed by atoms with van der Waals surface area (Å²) in [5.41, 5.74) is -0.903. The second-order valence-electron chi connectivity index (χ2n) is 7.56. The Morgan fingerprint density at radius 2 is 2.08 bits per heavy atom. The van der Waals surface area contributed by atoms with E-state index in [1.165, 1.54) is 0 Å². The molecule has 2 aliphatic heterocycles. The summed E-state index contributed by atoms with van der Waals surface area (Å²) in [7, 11) is 1.65. The summed E-state index contributed by atoms with van der Waals surface area (Å²) in [6, 6.07) is 8.01. The summed E-state index contributed by atoms with van der Waals surface area (Å²) in [6.07, 6.45) is 3.18. The number of anilines is 1. The number of halogens is 1. The molecule has 1 saturated carbocycles. The van der Waals surface area contributed by atoms with E-state index in [0.29, 0.717) is 32.5 Å². The van der Waals surface area contributed by atoms with Crippen LogP contribution in [-0.2, 0) is 9.53 Å². The van der Waals surface area contributed by atoms with Gasteiger partial charge in [-0.1, -0.05) is 0 Å². The smallest absolute Gasteiger partial charge is 0.260 e. The molecule has 2 saturated heterocycles. The minimum atomic E-state index is -1.61.